The van der Waals surface area contributed by atoms with E-state index in [0.29, 0.717) is 11.5 Å². The van der Waals surface area contributed by atoms with Gasteiger partial charge in [0.1, 0.15) is 5.75 Å². The Balaban J connectivity index is 2.17. The van der Waals surface area contributed by atoms with Gasteiger partial charge in [0.25, 0.3) is 0 Å². The summed E-state index contributed by atoms with van der Waals surface area (Å²) >= 11 is 0. The fourth-order valence-corrected chi connectivity index (χ4v) is 2.97. The summed E-state index contributed by atoms with van der Waals surface area (Å²) in [6.45, 7) is 2.08. The lowest BCUT2D eigenvalue weighted by Crippen LogP contribution is -2.11. The van der Waals surface area contributed by atoms with Crippen molar-refractivity contribution in [1.29, 1.82) is 0 Å². The summed E-state index contributed by atoms with van der Waals surface area (Å²) in [5.74, 6) is 2.24. The average Bonchev–Trinajstić information content (AvgIpc) is 2.70. The molecule has 0 radical (unpaired) electrons. The molecule has 0 atom stereocenters. The molecular weight excluding hydrogens is 326 g/mol. The molecule has 4 heteroatoms. The van der Waals surface area contributed by atoms with Crippen LogP contribution in [0, 0.1) is 6.92 Å². The van der Waals surface area contributed by atoms with Crippen LogP contribution < -0.4 is 19.1 Å². The van der Waals surface area contributed by atoms with Crippen molar-refractivity contribution >= 4 is 17.1 Å². The van der Waals surface area contributed by atoms with Gasteiger partial charge < -0.3 is 19.1 Å². The molecule has 3 aromatic rings. The lowest BCUT2D eigenvalue weighted by atomic mass is 10.1. The topological polar surface area (TPSA) is 30.9 Å². The van der Waals surface area contributed by atoms with E-state index >= 15 is 0 Å². The second kappa shape index (κ2) is 7.83. The summed E-state index contributed by atoms with van der Waals surface area (Å²) in [6, 6.07) is 22.2. The summed E-state index contributed by atoms with van der Waals surface area (Å²) in [5.41, 5.74) is 4.24. The fraction of sp³-hybridized carbons (Fsp3) is 0.182. The Hall–Kier alpha value is -3.14. The number of rotatable bonds is 6. The Bertz CT molecular complexity index is 878. The van der Waals surface area contributed by atoms with Crippen molar-refractivity contribution in [1.82, 2.24) is 0 Å². The van der Waals surface area contributed by atoms with E-state index in [1.165, 1.54) is 0 Å². The van der Waals surface area contributed by atoms with Crippen molar-refractivity contribution in [2.75, 3.05) is 26.2 Å². The molecule has 0 aliphatic heterocycles. The summed E-state index contributed by atoms with van der Waals surface area (Å²) < 4.78 is 16.2. The van der Waals surface area contributed by atoms with Crippen molar-refractivity contribution in [3.63, 3.8) is 0 Å². The van der Waals surface area contributed by atoms with Gasteiger partial charge in [-0.25, -0.2) is 0 Å². The highest BCUT2D eigenvalue weighted by molar-refractivity contribution is 5.79. The number of anilines is 3. The largest absolute Gasteiger partial charge is 0.497 e. The molecule has 0 amide bonds. The first-order chi connectivity index (χ1) is 12.7. The third-order valence-corrected chi connectivity index (χ3v) is 4.28. The van der Waals surface area contributed by atoms with Crippen molar-refractivity contribution in [3.05, 3.63) is 72.3 Å². The van der Waals surface area contributed by atoms with Crippen LogP contribution >= 0.6 is 0 Å². The number of nitrogens with zero attached hydrogens (tertiary/aromatic N) is 1. The van der Waals surface area contributed by atoms with Crippen molar-refractivity contribution < 1.29 is 14.2 Å². The molecule has 26 heavy (non-hydrogen) atoms. The lowest BCUT2D eigenvalue weighted by Gasteiger charge is -2.27. The van der Waals surface area contributed by atoms with Gasteiger partial charge in [-0.15, -0.1) is 0 Å². The Kier molecular flexibility index (Phi) is 5.32. The van der Waals surface area contributed by atoms with E-state index in [4.69, 9.17) is 14.2 Å². The molecular formula is C22H23NO3. The first-order valence-corrected chi connectivity index (χ1v) is 8.39. The van der Waals surface area contributed by atoms with Crippen LogP contribution in [0.1, 0.15) is 5.56 Å². The second-order valence-corrected chi connectivity index (χ2v) is 5.86. The molecule has 0 bridgehead atoms. The van der Waals surface area contributed by atoms with Crippen molar-refractivity contribution in [2.45, 2.75) is 6.92 Å². The summed E-state index contributed by atoms with van der Waals surface area (Å²) in [5, 5.41) is 0. The minimum Gasteiger partial charge on any atom is -0.497 e. The lowest BCUT2D eigenvalue weighted by molar-refractivity contribution is 0.355. The molecule has 0 aromatic heterocycles. The monoisotopic (exact) mass is 349 g/mol. The first kappa shape index (κ1) is 17.7. The molecule has 0 unspecified atom stereocenters. The quantitative estimate of drug-likeness (QED) is 0.589. The zero-order valence-electron chi connectivity index (χ0n) is 15.5. The predicted octanol–water partition coefficient (Wildman–Crippen LogP) is 5.49. The van der Waals surface area contributed by atoms with Crippen LogP contribution in [0.25, 0.3) is 0 Å². The first-order valence-electron chi connectivity index (χ1n) is 8.39. The van der Waals surface area contributed by atoms with Gasteiger partial charge in [-0.1, -0.05) is 18.2 Å². The predicted molar refractivity (Wildman–Crippen MR) is 106 cm³/mol. The van der Waals surface area contributed by atoms with E-state index in [2.05, 4.69) is 30.0 Å². The van der Waals surface area contributed by atoms with Crippen molar-refractivity contribution in [2.24, 2.45) is 0 Å². The molecule has 3 rings (SSSR count). The van der Waals surface area contributed by atoms with Gasteiger partial charge in [0.2, 0.25) is 0 Å². The molecule has 0 aliphatic carbocycles. The molecule has 134 valence electrons. The molecule has 0 aliphatic rings. The Morgan fingerprint density at radius 1 is 0.654 bits per heavy atom. The number of benzene rings is 3. The van der Waals surface area contributed by atoms with Gasteiger partial charge in [0.15, 0.2) is 11.5 Å². The zero-order valence-corrected chi connectivity index (χ0v) is 15.5. The molecule has 0 spiro atoms. The van der Waals surface area contributed by atoms with E-state index in [9.17, 15) is 0 Å². The van der Waals surface area contributed by atoms with Crippen LogP contribution in [-0.2, 0) is 0 Å². The van der Waals surface area contributed by atoms with Gasteiger partial charge in [-0.2, -0.15) is 0 Å². The van der Waals surface area contributed by atoms with Crippen LogP contribution in [0.3, 0.4) is 0 Å². The van der Waals surface area contributed by atoms with Gasteiger partial charge >= 0.3 is 0 Å². The number of ether oxygens (including phenoxy) is 3. The van der Waals surface area contributed by atoms with E-state index < -0.39 is 0 Å². The molecule has 0 saturated heterocycles. The highest BCUT2D eigenvalue weighted by Crippen LogP contribution is 2.40. The normalized spacial score (nSPS) is 10.3. The highest BCUT2D eigenvalue weighted by Gasteiger charge is 2.17. The average molecular weight is 349 g/mol. The number of hydrogen-bond donors (Lipinski definition) is 0. The minimum atomic E-state index is 0.692. The van der Waals surface area contributed by atoms with Gasteiger partial charge in [0.05, 0.1) is 27.0 Å². The number of methoxy groups -OCH3 is 3. The molecule has 3 aromatic carbocycles. The van der Waals surface area contributed by atoms with E-state index in [0.717, 1.165) is 28.4 Å². The number of para-hydroxylation sites is 1. The SMILES string of the molecule is COc1ccc(N(c2ccccc2)c2ccc(OC)c(OC)c2)c(C)c1. The van der Waals surface area contributed by atoms with E-state index in [1.54, 1.807) is 21.3 Å². The fourth-order valence-electron chi connectivity index (χ4n) is 2.97. The summed E-state index contributed by atoms with van der Waals surface area (Å²) in [6.07, 6.45) is 0. The van der Waals surface area contributed by atoms with Crippen LogP contribution in [0.5, 0.6) is 17.2 Å². The molecule has 0 fully saturated rings. The zero-order chi connectivity index (χ0) is 18.5. The van der Waals surface area contributed by atoms with Gasteiger partial charge in [-0.3, -0.25) is 0 Å². The standard InChI is InChI=1S/C22H23NO3/c1-16-14-19(24-2)11-12-20(16)23(17-8-6-5-7-9-17)18-10-13-21(25-3)22(15-18)26-4/h5-15H,1-4H3. The van der Waals surface area contributed by atoms with Crippen LogP contribution in [0.15, 0.2) is 66.7 Å². The maximum absolute atomic E-state index is 5.49. The smallest absolute Gasteiger partial charge is 0.162 e. The summed E-state index contributed by atoms with van der Waals surface area (Å²) in [4.78, 5) is 2.19. The van der Waals surface area contributed by atoms with Crippen LogP contribution in [-0.4, -0.2) is 21.3 Å². The number of hydrogen-bond acceptors (Lipinski definition) is 4. The van der Waals surface area contributed by atoms with E-state index in [-0.39, 0.29) is 0 Å². The maximum Gasteiger partial charge on any atom is 0.162 e. The maximum atomic E-state index is 5.49. The van der Waals surface area contributed by atoms with E-state index in [1.807, 2.05) is 48.5 Å². The van der Waals surface area contributed by atoms with Gasteiger partial charge in [-0.05, 0) is 55.0 Å². The Morgan fingerprint density at radius 3 is 2.00 bits per heavy atom. The summed E-state index contributed by atoms with van der Waals surface area (Å²) in [7, 11) is 4.96. The highest BCUT2D eigenvalue weighted by atomic mass is 16.5. The minimum absolute atomic E-state index is 0.692. The Morgan fingerprint density at radius 2 is 1.38 bits per heavy atom. The Labute approximate surface area is 154 Å². The van der Waals surface area contributed by atoms with Crippen molar-refractivity contribution in [3.8, 4) is 17.2 Å². The molecule has 0 N–H and O–H groups in total. The second-order valence-electron chi connectivity index (χ2n) is 5.86. The molecule has 0 saturated carbocycles. The third kappa shape index (κ3) is 3.45. The van der Waals surface area contributed by atoms with Crippen LogP contribution in [0.2, 0.25) is 0 Å². The van der Waals surface area contributed by atoms with Crippen LogP contribution in [0.4, 0.5) is 17.1 Å². The third-order valence-electron chi connectivity index (χ3n) is 4.28. The molecule has 4 nitrogen and oxygen atoms in total. The molecule has 0 heterocycles. The number of aryl methyl sites for hydroxylation is 1. The van der Waals surface area contributed by atoms with Gasteiger partial charge in [0, 0.05) is 17.4 Å².